The second-order valence-corrected chi connectivity index (χ2v) is 4.90. The summed E-state index contributed by atoms with van der Waals surface area (Å²) in [7, 11) is 2.75. The number of hydrogen-bond donors (Lipinski definition) is 3. The molecule has 0 bridgehead atoms. The molecule has 5 atom stereocenters. The van der Waals surface area contributed by atoms with E-state index in [1.807, 2.05) is 0 Å². The van der Waals surface area contributed by atoms with Crippen LogP contribution in [0.1, 0.15) is 0 Å². The van der Waals surface area contributed by atoms with Crippen molar-refractivity contribution in [1.82, 2.24) is 0 Å². The molecule has 0 aliphatic carbocycles. The Hall–Kier alpha value is -0.380. The van der Waals surface area contributed by atoms with Gasteiger partial charge in [0.25, 0.3) is 0 Å². The number of carbonyl (C=O) groups is 1. The Labute approximate surface area is 109 Å². The van der Waals surface area contributed by atoms with E-state index in [1.165, 1.54) is 14.2 Å². The summed E-state index contributed by atoms with van der Waals surface area (Å²) in [4.78, 5) is 10.4. The van der Waals surface area contributed by atoms with Crippen LogP contribution < -0.4 is 0 Å². The average Bonchev–Trinajstić information content (AvgIpc) is 2.33. The molecule has 1 aliphatic rings. The molecule has 1 aliphatic heterocycles. The van der Waals surface area contributed by atoms with Gasteiger partial charge in [-0.25, -0.2) is 0 Å². The van der Waals surface area contributed by atoms with E-state index >= 15 is 0 Å². The molecule has 0 amide bonds. The van der Waals surface area contributed by atoms with Crippen LogP contribution in [0.2, 0.25) is 0 Å². The number of thioether (sulfide) groups is 1. The van der Waals surface area contributed by atoms with Gasteiger partial charge in [-0.05, 0) is 0 Å². The van der Waals surface area contributed by atoms with Crippen LogP contribution in [0.4, 0.5) is 0 Å². The number of aliphatic hydroxyl groups excluding tert-OH is 2. The SMILES string of the molecule is CO[C@H]1OC(CSCC(=O)O)[C@@H](OC)[C@H](O)C1O. The largest absolute Gasteiger partial charge is 0.481 e. The van der Waals surface area contributed by atoms with E-state index in [9.17, 15) is 15.0 Å². The molecule has 3 N–H and O–H groups in total. The van der Waals surface area contributed by atoms with Gasteiger partial charge in [0.15, 0.2) is 6.29 Å². The van der Waals surface area contributed by atoms with E-state index in [0.29, 0.717) is 5.75 Å². The number of carboxylic acid groups (broad SMARTS) is 1. The Bertz CT molecular complexity index is 275. The normalized spacial score (nSPS) is 36.6. The van der Waals surface area contributed by atoms with Crippen molar-refractivity contribution >= 4 is 17.7 Å². The quantitative estimate of drug-likeness (QED) is 0.564. The standard InChI is InChI=1S/C10H18O7S/c1-15-9-5(3-18-4-6(11)12)17-10(16-2)8(14)7(9)13/h5,7-10,13-14H,3-4H2,1-2H3,(H,11,12)/t5?,7-,8?,9-,10+/m1/s1. The Morgan fingerprint density at radius 2 is 1.94 bits per heavy atom. The van der Waals surface area contributed by atoms with Crippen molar-refractivity contribution in [1.29, 1.82) is 0 Å². The van der Waals surface area contributed by atoms with E-state index in [-0.39, 0.29) is 5.75 Å². The second-order valence-electron chi connectivity index (χ2n) is 3.87. The molecule has 7 nitrogen and oxygen atoms in total. The molecule has 0 saturated carbocycles. The fourth-order valence-corrected chi connectivity index (χ4v) is 2.58. The van der Waals surface area contributed by atoms with Crippen LogP contribution in [0.3, 0.4) is 0 Å². The highest BCUT2D eigenvalue weighted by Gasteiger charge is 2.44. The van der Waals surface area contributed by atoms with E-state index in [1.54, 1.807) is 0 Å². The van der Waals surface area contributed by atoms with Crippen molar-refractivity contribution in [2.24, 2.45) is 0 Å². The Morgan fingerprint density at radius 3 is 2.44 bits per heavy atom. The lowest BCUT2D eigenvalue weighted by Crippen LogP contribution is -2.59. The highest BCUT2D eigenvalue weighted by Crippen LogP contribution is 2.25. The molecule has 2 unspecified atom stereocenters. The highest BCUT2D eigenvalue weighted by atomic mass is 32.2. The summed E-state index contributed by atoms with van der Waals surface area (Å²) in [5.41, 5.74) is 0. The molecule has 0 aromatic carbocycles. The van der Waals surface area contributed by atoms with Crippen LogP contribution in [0.5, 0.6) is 0 Å². The highest BCUT2D eigenvalue weighted by molar-refractivity contribution is 7.99. The number of carboxylic acids is 1. The molecule has 1 rings (SSSR count). The third kappa shape index (κ3) is 3.81. The first-order valence-electron chi connectivity index (χ1n) is 5.38. The number of aliphatic carboxylic acids is 1. The summed E-state index contributed by atoms with van der Waals surface area (Å²) < 4.78 is 15.4. The number of rotatable bonds is 6. The van der Waals surface area contributed by atoms with Crippen molar-refractivity contribution in [3.8, 4) is 0 Å². The van der Waals surface area contributed by atoms with E-state index in [2.05, 4.69) is 0 Å². The van der Waals surface area contributed by atoms with Gasteiger partial charge in [0.2, 0.25) is 0 Å². The van der Waals surface area contributed by atoms with Gasteiger partial charge in [0.05, 0.1) is 11.9 Å². The predicted molar refractivity (Wildman–Crippen MR) is 63.4 cm³/mol. The third-order valence-electron chi connectivity index (χ3n) is 2.65. The van der Waals surface area contributed by atoms with Gasteiger partial charge in [-0.3, -0.25) is 4.79 Å². The van der Waals surface area contributed by atoms with E-state index < -0.39 is 36.7 Å². The lowest BCUT2D eigenvalue weighted by molar-refractivity contribution is -0.288. The topological polar surface area (TPSA) is 105 Å². The lowest BCUT2D eigenvalue weighted by Gasteiger charge is -2.41. The summed E-state index contributed by atoms with van der Waals surface area (Å²) in [5.74, 6) is -0.658. The van der Waals surface area contributed by atoms with Crippen molar-refractivity contribution < 1.29 is 34.3 Å². The number of ether oxygens (including phenoxy) is 3. The summed E-state index contributed by atoms with van der Waals surface area (Å²) in [6.45, 7) is 0. The monoisotopic (exact) mass is 282 g/mol. The van der Waals surface area contributed by atoms with E-state index in [4.69, 9.17) is 19.3 Å². The van der Waals surface area contributed by atoms with Crippen LogP contribution in [-0.2, 0) is 19.0 Å². The van der Waals surface area contributed by atoms with Crippen LogP contribution in [0.15, 0.2) is 0 Å². The van der Waals surface area contributed by atoms with Crippen LogP contribution in [0, 0.1) is 0 Å². The number of hydrogen-bond acceptors (Lipinski definition) is 7. The molecular weight excluding hydrogens is 264 g/mol. The van der Waals surface area contributed by atoms with Gasteiger partial charge in [-0.1, -0.05) is 0 Å². The first-order valence-corrected chi connectivity index (χ1v) is 6.53. The number of aliphatic hydroxyl groups is 2. The van der Waals surface area contributed by atoms with Gasteiger partial charge < -0.3 is 29.5 Å². The smallest absolute Gasteiger partial charge is 0.313 e. The predicted octanol–water partition coefficient (Wildman–Crippen LogP) is -1.09. The van der Waals surface area contributed by atoms with Crippen LogP contribution in [0.25, 0.3) is 0 Å². The molecule has 1 heterocycles. The molecular formula is C10H18O7S. The van der Waals surface area contributed by atoms with Crippen LogP contribution >= 0.6 is 11.8 Å². The Kier molecular flexibility index (Phi) is 6.33. The maximum absolute atomic E-state index is 10.4. The zero-order valence-electron chi connectivity index (χ0n) is 10.2. The minimum Gasteiger partial charge on any atom is -0.481 e. The third-order valence-corrected chi connectivity index (χ3v) is 3.67. The number of methoxy groups -OCH3 is 2. The van der Waals surface area contributed by atoms with Gasteiger partial charge in [-0.2, -0.15) is 0 Å². The Morgan fingerprint density at radius 1 is 1.28 bits per heavy atom. The maximum atomic E-state index is 10.4. The maximum Gasteiger partial charge on any atom is 0.313 e. The zero-order valence-corrected chi connectivity index (χ0v) is 11.0. The van der Waals surface area contributed by atoms with Gasteiger partial charge in [-0.15, -0.1) is 11.8 Å². The molecule has 0 aromatic heterocycles. The minimum absolute atomic E-state index is 0.0629. The second kappa shape index (κ2) is 7.27. The molecule has 0 aromatic rings. The van der Waals surface area contributed by atoms with Crippen molar-refractivity contribution in [3.63, 3.8) is 0 Å². The minimum atomic E-state index is -1.19. The van der Waals surface area contributed by atoms with Gasteiger partial charge in [0.1, 0.15) is 18.3 Å². The molecule has 18 heavy (non-hydrogen) atoms. The first-order chi connectivity index (χ1) is 8.51. The van der Waals surface area contributed by atoms with Crippen molar-refractivity contribution in [3.05, 3.63) is 0 Å². The van der Waals surface area contributed by atoms with Crippen molar-refractivity contribution in [2.45, 2.75) is 30.7 Å². The molecule has 0 spiro atoms. The lowest BCUT2D eigenvalue weighted by atomic mass is 10.00. The Balaban J connectivity index is 2.59. The zero-order chi connectivity index (χ0) is 13.7. The van der Waals surface area contributed by atoms with E-state index in [0.717, 1.165) is 11.8 Å². The van der Waals surface area contributed by atoms with Gasteiger partial charge >= 0.3 is 5.97 Å². The summed E-state index contributed by atoms with van der Waals surface area (Å²) in [5, 5.41) is 28.1. The molecule has 0 radical (unpaired) electrons. The summed E-state index contributed by atoms with van der Waals surface area (Å²) in [6, 6.07) is 0. The van der Waals surface area contributed by atoms with Gasteiger partial charge in [0, 0.05) is 20.0 Å². The molecule has 8 heteroatoms. The molecule has 1 saturated heterocycles. The fraction of sp³-hybridized carbons (Fsp3) is 0.900. The fourth-order valence-electron chi connectivity index (χ4n) is 1.79. The van der Waals surface area contributed by atoms with Crippen molar-refractivity contribution in [2.75, 3.05) is 25.7 Å². The first kappa shape index (κ1) is 15.7. The van der Waals surface area contributed by atoms with Crippen LogP contribution in [-0.4, -0.2) is 77.7 Å². The summed E-state index contributed by atoms with van der Waals surface area (Å²) >= 11 is 1.15. The average molecular weight is 282 g/mol. The summed E-state index contributed by atoms with van der Waals surface area (Å²) in [6.07, 6.45) is -4.53. The molecule has 106 valence electrons. The molecule has 1 fully saturated rings.